The molecule has 0 aliphatic rings. The fourth-order valence-corrected chi connectivity index (χ4v) is 0. The van der Waals surface area contributed by atoms with Gasteiger partial charge in [-0.3, -0.25) is 0 Å². The van der Waals surface area contributed by atoms with Gasteiger partial charge >= 0.3 is 6.18 Å². The van der Waals surface area contributed by atoms with Crippen molar-refractivity contribution in [1.29, 1.82) is 0 Å². The van der Waals surface area contributed by atoms with Crippen LogP contribution in [0, 0.1) is 0 Å². The SMILES string of the molecule is CC(F)(F)F.Cl.N. The van der Waals surface area contributed by atoms with Crippen molar-refractivity contribution in [2.45, 2.75) is 13.1 Å². The molecule has 0 aromatic carbocycles. The lowest BCUT2D eigenvalue weighted by molar-refractivity contribution is -0.110. The highest BCUT2D eigenvalue weighted by molar-refractivity contribution is 5.85. The number of hydrogen-bond acceptors (Lipinski definition) is 1. The van der Waals surface area contributed by atoms with Crippen LogP contribution in [0.25, 0.3) is 0 Å². The van der Waals surface area contributed by atoms with E-state index in [2.05, 4.69) is 0 Å². The molecule has 0 aliphatic carbocycles. The van der Waals surface area contributed by atoms with Crippen LogP contribution in [0.1, 0.15) is 6.92 Å². The Morgan fingerprint density at radius 3 is 1.14 bits per heavy atom. The maximum atomic E-state index is 10.4. The average molecular weight is 138 g/mol. The number of hydrogen-bond donors (Lipinski definition) is 1. The first-order chi connectivity index (χ1) is 2.00. The van der Waals surface area contributed by atoms with Crippen molar-refractivity contribution in [3.63, 3.8) is 0 Å². The maximum absolute atomic E-state index is 10.4. The Labute approximate surface area is 45.9 Å². The zero-order valence-corrected chi connectivity index (χ0v) is 4.57. The second-order valence-electron chi connectivity index (χ2n) is 0.781. The Kier molecular flexibility index (Phi) is 9.45. The van der Waals surface area contributed by atoms with Gasteiger partial charge in [-0.15, -0.1) is 12.4 Å². The molecule has 0 aromatic rings. The van der Waals surface area contributed by atoms with Gasteiger partial charge in [-0.2, -0.15) is 13.2 Å². The van der Waals surface area contributed by atoms with Gasteiger partial charge in [0, 0.05) is 6.92 Å². The van der Waals surface area contributed by atoms with Crippen LogP contribution in [0.4, 0.5) is 13.2 Å². The van der Waals surface area contributed by atoms with Gasteiger partial charge in [0.05, 0.1) is 0 Å². The van der Waals surface area contributed by atoms with Gasteiger partial charge in [0.1, 0.15) is 0 Å². The van der Waals surface area contributed by atoms with E-state index in [0.717, 1.165) is 0 Å². The summed E-state index contributed by atoms with van der Waals surface area (Å²) in [6.45, 7) is 0.188. The van der Waals surface area contributed by atoms with Crippen LogP contribution in [-0.4, -0.2) is 6.18 Å². The third kappa shape index (κ3) is 61600. The van der Waals surface area contributed by atoms with Crippen LogP contribution in [0.2, 0.25) is 0 Å². The fourth-order valence-electron chi connectivity index (χ4n) is 0. The van der Waals surface area contributed by atoms with Gasteiger partial charge in [0.25, 0.3) is 0 Å². The molecule has 0 amide bonds. The molecule has 0 saturated heterocycles. The summed E-state index contributed by atoms with van der Waals surface area (Å²) in [5.41, 5.74) is 0. The summed E-state index contributed by atoms with van der Waals surface area (Å²) in [5, 5.41) is 0. The minimum atomic E-state index is -4.00. The van der Waals surface area contributed by atoms with Gasteiger partial charge in [-0.1, -0.05) is 0 Å². The van der Waals surface area contributed by atoms with Gasteiger partial charge < -0.3 is 6.15 Å². The summed E-state index contributed by atoms with van der Waals surface area (Å²) in [4.78, 5) is 0. The summed E-state index contributed by atoms with van der Waals surface area (Å²) >= 11 is 0. The molecule has 0 rings (SSSR count). The summed E-state index contributed by atoms with van der Waals surface area (Å²) in [5.74, 6) is 0. The minimum Gasteiger partial charge on any atom is -0.344 e. The first-order valence-corrected chi connectivity index (χ1v) is 1.07. The van der Waals surface area contributed by atoms with Crippen molar-refractivity contribution in [2.75, 3.05) is 0 Å². The van der Waals surface area contributed by atoms with E-state index in [-0.39, 0.29) is 25.5 Å². The van der Waals surface area contributed by atoms with Crippen LogP contribution in [0.15, 0.2) is 0 Å². The Balaban J connectivity index is -0.0000000800. The molecule has 0 spiro atoms. The predicted octanol–water partition coefficient (Wildman–Crippen LogP) is 2.15. The van der Waals surface area contributed by atoms with E-state index in [4.69, 9.17) is 0 Å². The largest absolute Gasteiger partial charge is 0.386 e. The van der Waals surface area contributed by atoms with E-state index in [1.165, 1.54) is 0 Å². The number of alkyl halides is 3. The van der Waals surface area contributed by atoms with E-state index in [1.807, 2.05) is 0 Å². The first-order valence-electron chi connectivity index (χ1n) is 1.07. The molecular formula is C2H7ClF3N. The molecular weight excluding hydrogens is 130 g/mol. The smallest absolute Gasteiger partial charge is 0.344 e. The van der Waals surface area contributed by atoms with Crippen LogP contribution < -0.4 is 6.15 Å². The Bertz CT molecular complexity index is 28.4. The van der Waals surface area contributed by atoms with Crippen molar-refractivity contribution in [1.82, 2.24) is 6.15 Å². The van der Waals surface area contributed by atoms with E-state index >= 15 is 0 Å². The van der Waals surface area contributed by atoms with E-state index in [9.17, 15) is 13.2 Å². The first kappa shape index (κ1) is 15.7. The van der Waals surface area contributed by atoms with Gasteiger partial charge in [0.15, 0.2) is 0 Å². The molecule has 0 bridgehead atoms. The molecule has 0 radical (unpaired) electrons. The number of halogens is 4. The van der Waals surface area contributed by atoms with Crippen LogP contribution in [-0.2, 0) is 0 Å². The van der Waals surface area contributed by atoms with E-state index in [1.54, 1.807) is 0 Å². The third-order valence-corrected chi connectivity index (χ3v) is 0. The minimum absolute atomic E-state index is 0. The van der Waals surface area contributed by atoms with Gasteiger partial charge in [-0.25, -0.2) is 0 Å². The topological polar surface area (TPSA) is 35.0 Å². The Morgan fingerprint density at radius 1 is 1.14 bits per heavy atom. The standard InChI is InChI=1S/C2H3F3.ClH.H3N/c1-2(3,4)5;;/h1H3;1H;1H3. The molecule has 0 heterocycles. The van der Waals surface area contributed by atoms with Gasteiger partial charge in [-0.05, 0) is 0 Å². The van der Waals surface area contributed by atoms with Crippen LogP contribution in [0.3, 0.4) is 0 Å². The molecule has 0 unspecified atom stereocenters. The molecule has 0 fully saturated rings. The van der Waals surface area contributed by atoms with Crippen molar-refractivity contribution < 1.29 is 13.2 Å². The molecule has 1 nitrogen and oxygen atoms in total. The van der Waals surface area contributed by atoms with Crippen LogP contribution in [0.5, 0.6) is 0 Å². The Hall–Kier alpha value is 0.0400. The normalized spacial score (nSPS) is 8.57. The molecule has 5 heteroatoms. The second kappa shape index (κ2) is 4.21. The summed E-state index contributed by atoms with van der Waals surface area (Å²) in [7, 11) is 0. The van der Waals surface area contributed by atoms with E-state index < -0.39 is 6.18 Å². The van der Waals surface area contributed by atoms with E-state index in [0.29, 0.717) is 0 Å². The summed E-state index contributed by atoms with van der Waals surface area (Å²) in [6, 6.07) is 0. The van der Waals surface area contributed by atoms with Crippen molar-refractivity contribution in [3.8, 4) is 0 Å². The molecule has 0 atom stereocenters. The highest BCUT2D eigenvalue weighted by Crippen LogP contribution is 2.10. The highest BCUT2D eigenvalue weighted by Gasteiger charge is 2.15. The molecule has 0 saturated carbocycles. The van der Waals surface area contributed by atoms with Crippen LogP contribution >= 0.6 is 12.4 Å². The lowest BCUT2D eigenvalue weighted by atomic mass is 10.8. The average Bonchev–Trinajstić information content (AvgIpc) is 0.722. The zero-order chi connectivity index (χ0) is 4.50. The maximum Gasteiger partial charge on any atom is 0.386 e. The summed E-state index contributed by atoms with van der Waals surface area (Å²) < 4.78 is 31.1. The fraction of sp³-hybridized carbons (Fsp3) is 1.00. The second-order valence-corrected chi connectivity index (χ2v) is 0.781. The Morgan fingerprint density at radius 2 is 1.14 bits per heavy atom. The predicted molar refractivity (Wildman–Crippen MR) is 24.0 cm³/mol. The quantitative estimate of drug-likeness (QED) is 0.546. The summed E-state index contributed by atoms with van der Waals surface area (Å²) in [6.07, 6.45) is -4.00. The van der Waals surface area contributed by atoms with Crippen molar-refractivity contribution >= 4 is 12.4 Å². The lowest BCUT2D eigenvalue weighted by Gasteiger charge is -1.88. The third-order valence-electron chi connectivity index (χ3n) is 0. The molecule has 0 aromatic heterocycles. The highest BCUT2D eigenvalue weighted by atomic mass is 35.5. The van der Waals surface area contributed by atoms with Crippen molar-refractivity contribution in [3.05, 3.63) is 0 Å². The molecule has 0 aliphatic heterocycles. The molecule has 48 valence electrons. The van der Waals surface area contributed by atoms with Gasteiger partial charge in [0.2, 0.25) is 0 Å². The molecule has 7 heavy (non-hydrogen) atoms. The monoisotopic (exact) mass is 137 g/mol. The lowest BCUT2D eigenvalue weighted by Crippen LogP contribution is -1.95. The number of rotatable bonds is 0. The molecule has 3 N–H and O–H groups in total. The van der Waals surface area contributed by atoms with Crippen molar-refractivity contribution in [2.24, 2.45) is 0 Å². The zero-order valence-electron chi connectivity index (χ0n) is 3.75.